The molecule has 4 aliphatic rings. The highest BCUT2D eigenvalue weighted by Crippen LogP contribution is 2.67. The summed E-state index contributed by atoms with van der Waals surface area (Å²) < 4.78 is 0. The van der Waals surface area contributed by atoms with Crippen LogP contribution in [-0.4, -0.2) is 33.5 Å². The third-order valence-electron chi connectivity index (χ3n) is 9.04. The van der Waals surface area contributed by atoms with E-state index in [2.05, 4.69) is 6.92 Å². The van der Waals surface area contributed by atoms with E-state index in [0.29, 0.717) is 23.7 Å². The van der Waals surface area contributed by atoms with E-state index >= 15 is 0 Å². The number of carboxylic acid groups (broad SMARTS) is 1. The van der Waals surface area contributed by atoms with Crippen LogP contribution in [0.4, 0.5) is 0 Å². The van der Waals surface area contributed by atoms with Crippen LogP contribution < -0.4 is 0 Å². The Morgan fingerprint density at radius 2 is 1.71 bits per heavy atom. The molecule has 9 atom stereocenters. The Balaban J connectivity index is 1.66. The Morgan fingerprint density at radius 1 is 0.958 bits per heavy atom. The molecule has 4 saturated carbocycles. The Bertz CT molecular complexity index is 534. The van der Waals surface area contributed by atoms with E-state index in [1.54, 1.807) is 0 Å². The van der Waals surface area contributed by atoms with Crippen LogP contribution in [0.15, 0.2) is 0 Å². The third-order valence-corrected chi connectivity index (χ3v) is 9.04. The minimum atomic E-state index is -0.724. The molecule has 0 aromatic heterocycles. The van der Waals surface area contributed by atoms with E-state index in [9.17, 15) is 20.1 Å². The van der Waals surface area contributed by atoms with Crippen molar-refractivity contribution in [3.8, 4) is 0 Å². The topological polar surface area (TPSA) is 77.8 Å². The third kappa shape index (κ3) is 2.08. The highest BCUT2D eigenvalue weighted by Gasteiger charge is 2.64. The number of fused-ring (bicyclic) bond motifs is 5. The van der Waals surface area contributed by atoms with Gasteiger partial charge in [0.1, 0.15) is 0 Å². The molecule has 0 aromatic rings. The van der Waals surface area contributed by atoms with Gasteiger partial charge in [0.05, 0.1) is 18.1 Å². The maximum absolute atomic E-state index is 11.8. The Kier molecular flexibility index (Phi) is 3.82. The Morgan fingerprint density at radius 3 is 2.42 bits per heavy atom. The molecule has 4 rings (SSSR count). The number of rotatable bonds is 1. The van der Waals surface area contributed by atoms with Crippen molar-refractivity contribution >= 4 is 5.97 Å². The molecule has 0 radical (unpaired) electrons. The van der Waals surface area contributed by atoms with Gasteiger partial charge in [-0.3, -0.25) is 4.79 Å². The van der Waals surface area contributed by atoms with Crippen LogP contribution in [0, 0.1) is 40.4 Å². The van der Waals surface area contributed by atoms with Gasteiger partial charge in [0.25, 0.3) is 0 Å². The van der Waals surface area contributed by atoms with Gasteiger partial charge in [-0.2, -0.15) is 0 Å². The number of aliphatic hydroxyl groups excluding tert-OH is 2. The number of carbonyl (C=O) groups is 1. The van der Waals surface area contributed by atoms with Gasteiger partial charge < -0.3 is 15.3 Å². The summed E-state index contributed by atoms with van der Waals surface area (Å²) in [4.78, 5) is 11.8. The van der Waals surface area contributed by atoms with Crippen LogP contribution in [0.3, 0.4) is 0 Å². The summed E-state index contributed by atoms with van der Waals surface area (Å²) >= 11 is 0. The molecule has 4 heteroatoms. The summed E-state index contributed by atoms with van der Waals surface area (Å²) in [6.07, 6.45) is 6.93. The van der Waals surface area contributed by atoms with Crippen molar-refractivity contribution in [1.29, 1.82) is 0 Å². The van der Waals surface area contributed by atoms with E-state index in [0.717, 1.165) is 51.4 Å². The van der Waals surface area contributed by atoms with Gasteiger partial charge in [-0.15, -0.1) is 0 Å². The fourth-order valence-electron chi connectivity index (χ4n) is 7.61. The van der Waals surface area contributed by atoms with Gasteiger partial charge in [0.2, 0.25) is 0 Å². The monoisotopic (exact) mass is 336 g/mol. The minimum Gasteiger partial charge on any atom is -0.481 e. The molecule has 0 aliphatic heterocycles. The van der Waals surface area contributed by atoms with Crippen LogP contribution in [0.25, 0.3) is 0 Å². The van der Waals surface area contributed by atoms with Gasteiger partial charge in [0.15, 0.2) is 0 Å². The first kappa shape index (κ1) is 16.8. The van der Waals surface area contributed by atoms with Gasteiger partial charge in [0, 0.05) is 5.41 Å². The zero-order chi connectivity index (χ0) is 17.3. The maximum atomic E-state index is 11.8. The van der Waals surface area contributed by atoms with Gasteiger partial charge >= 0.3 is 5.97 Å². The number of aliphatic carboxylic acids is 1. The minimum absolute atomic E-state index is 0.152. The second kappa shape index (κ2) is 5.44. The molecule has 4 aliphatic carbocycles. The van der Waals surface area contributed by atoms with Crippen molar-refractivity contribution in [2.45, 2.75) is 77.4 Å². The molecule has 0 saturated heterocycles. The van der Waals surface area contributed by atoms with Crippen molar-refractivity contribution in [2.75, 3.05) is 0 Å². The molecule has 0 bridgehead atoms. The lowest BCUT2D eigenvalue weighted by molar-refractivity contribution is -0.180. The molecule has 3 N–H and O–H groups in total. The second-order valence-electron chi connectivity index (χ2n) is 9.67. The molecule has 24 heavy (non-hydrogen) atoms. The largest absolute Gasteiger partial charge is 0.481 e. The zero-order valence-electron chi connectivity index (χ0n) is 14.9. The molecule has 0 spiro atoms. The van der Waals surface area contributed by atoms with Crippen LogP contribution in [0.2, 0.25) is 0 Å². The van der Waals surface area contributed by atoms with Crippen molar-refractivity contribution in [1.82, 2.24) is 0 Å². The first-order chi connectivity index (χ1) is 11.3. The molecular formula is C20H32O4. The predicted octanol–water partition coefficient (Wildman–Crippen LogP) is 3.06. The normalized spacial score (nSPS) is 56.9. The van der Waals surface area contributed by atoms with E-state index in [-0.39, 0.29) is 11.5 Å². The van der Waals surface area contributed by atoms with Gasteiger partial charge in [-0.1, -0.05) is 13.8 Å². The van der Waals surface area contributed by atoms with E-state index in [1.165, 1.54) is 0 Å². The van der Waals surface area contributed by atoms with Gasteiger partial charge in [-0.25, -0.2) is 0 Å². The molecule has 0 heterocycles. The Labute approximate surface area is 144 Å². The van der Waals surface area contributed by atoms with E-state index < -0.39 is 23.4 Å². The first-order valence-corrected chi connectivity index (χ1v) is 9.87. The summed E-state index contributed by atoms with van der Waals surface area (Å²) in [6.45, 7) is 4.43. The number of hydrogen-bond acceptors (Lipinski definition) is 3. The molecule has 0 aromatic carbocycles. The smallest absolute Gasteiger partial charge is 0.307 e. The summed E-state index contributed by atoms with van der Waals surface area (Å²) in [7, 11) is 0. The summed E-state index contributed by atoms with van der Waals surface area (Å²) in [6, 6.07) is 0. The molecule has 4 fully saturated rings. The van der Waals surface area contributed by atoms with E-state index in [1.807, 2.05) is 6.92 Å². The SMILES string of the molecule is C[C@]12CC[C@@H](O)C[C@@H]1CC[C@@H]1[C@@H]2C[C@H](O)[C@]2(C)[C@@H](C(=O)O)CC[C@@H]12. The lowest BCUT2D eigenvalue weighted by Gasteiger charge is -2.61. The van der Waals surface area contributed by atoms with Crippen LogP contribution in [0.1, 0.15) is 65.2 Å². The first-order valence-electron chi connectivity index (χ1n) is 9.87. The van der Waals surface area contributed by atoms with Crippen LogP contribution >= 0.6 is 0 Å². The standard InChI is InChI=1S/C20H32O4/c1-19-8-7-12(21)9-11(19)3-4-13-14-5-6-15(18(23)24)20(14,2)17(22)10-16(13)19/h11-17,21-22H,3-10H2,1-2H3,(H,23,24)/t11-,12+,13-,14-,15+,16-,17-,19-,20-/m0/s1. The fraction of sp³-hybridized carbons (Fsp3) is 0.950. The highest BCUT2D eigenvalue weighted by molar-refractivity contribution is 5.71. The predicted molar refractivity (Wildman–Crippen MR) is 90.2 cm³/mol. The Hall–Kier alpha value is -0.610. The van der Waals surface area contributed by atoms with Crippen LogP contribution in [-0.2, 0) is 4.79 Å². The molecule has 136 valence electrons. The number of carboxylic acids is 1. The van der Waals surface area contributed by atoms with Crippen molar-refractivity contribution in [2.24, 2.45) is 40.4 Å². The number of hydrogen-bond donors (Lipinski definition) is 3. The van der Waals surface area contributed by atoms with Crippen molar-refractivity contribution < 1.29 is 20.1 Å². The van der Waals surface area contributed by atoms with Gasteiger partial charge in [-0.05, 0) is 80.5 Å². The molecule has 0 amide bonds. The summed E-state index contributed by atoms with van der Waals surface area (Å²) in [5.41, 5.74) is -0.240. The van der Waals surface area contributed by atoms with E-state index in [4.69, 9.17) is 0 Å². The summed E-state index contributed by atoms with van der Waals surface area (Å²) in [5, 5.41) is 30.8. The molecular weight excluding hydrogens is 304 g/mol. The van der Waals surface area contributed by atoms with Crippen molar-refractivity contribution in [3.05, 3.63) is 0 Å². The fourth-order valence-corrected chi connectivity index (χ4v) is 7.61. The maximum Gasteiger partial charge on any atom is 0.307 e. The van der Waals surface area contributed by atoms with Crippen LogP contribution in [0.5, 0.6) is 0 Å². The van der Waals surface area contributed by atoms with Crippen molar-refractivity contribution in [3.63, 3.8) is 0 Å². The number of aliphatic hydroxyl groups is 2. The lowest BCUT2D eigenvalue weighted by Crippen LogP contribution is -2.59. The lowest BCUT2D eigenvalue weighted by atomic mass is 9.44. The quantitative estimate of drug-likeness (QED) is 0.688. The second-order valence-corrected chi connectivity index (χ2v) is 9.67. The highest BCUT2D eigenvalue weighted by atomic mass is 16.4. The molecule has 0 unspecified atom stereocenters. The zero-order valence-corrected chi connectivity index (χ0v) is 14.9. The average molecular weight is 336 g/mol. The summed E-state index contributed by atoms with van der Waals surface area (Å²) in [5.74, 6) is 0.840. The molecule has 4 nitrogen and oxygen atoms in total. The average Bonchev–Trinajstić information content (AvgIpc) is 2.88.